The van der Waals surface area contributed by atoms with E-state index >= 15 is 4.39 Å². The molecule has 5 N–H and O–H groups in total. The molecule has 6 heterocycles. The normalized spacial score (nSPS) is 20.1. The number of β-lactam (4-membered cyclic amide) rings is 1. The first-order valence-corrected chi connectivity index (χ1v) is 19.5. The van der Waals surface area contributed by atoms with Gasteiger partial charge in [0.15, 0.2) is 10.8 Å². The summed E-state index contributed by atoms with van der Waals surface area (Å²) in [6.45, 7) is 0.399. The summed E-state index contributed by atoms with van der Waals surface area (Å²) in [5.41, 5.74) is 5.60. The molecule has 1 aliphatic carbocycles. The molecule has 1 aromatic carbocycles. The largest absolute Gasteiger partial charge is 0.512 e. The van der Waals surface area contributed by atoms with E-state index in [-0.39, 0.29) is 82.4 Å². The number of piperazine rings is 1. The van der Waals surface area contributed by atoms with E-state index < -0.39 is 58.9 Å². The Morgan fingerprint density at radius 3 is 2.60 bits per heavy atom. The van der Waals surface area contributed by atoms with Crippen molar-refractivity contribution in [1.29, 1.82) is 0 Å². The zero-order chi connectivity index (χ0) is 38.7. The minimum Gasteiger partial charge on any atom is -0.449 e. The molecule has 3 aliphatic heterocycles. The minimum absolute atomic E-state index is 0.0270. The Balaban J connectivity index is 0.926. The van der Waals surface area contributed by atoms with Crippen LogP contribution in [0.1, 0.15) is 24.6 Å². The van der Waals surface area contributed by atoms with Crippen LogP contribution in [-0.2, 0) is 23.9 Å². The fourth-order valence-corrected chi connectivity index (χ4v) is 9.54. The van der Waals surface area contributed by atoms with E-state index in [0.29, 0.717) is 10.3 Å². The van der Waals surface area contributed by atoms with Gasteiger partial charge in [-0.1, -0.05) is 5.16 Å². The Kier molecular flexibility index (Phi) is 9.37. The summed E-state index contributed by atoms with van der Waals surface area (Å²) < 4.78 is 30.7. The van der Waals surface area contributed by atoms with Gasteiger partial charge >= 0.3 is 12.2 Å². The summed E-state index contributed by atoms with van der Waals surface area (Å²) in [5, 5.41) is 16.9. The zero-order valence-corrected chi connectivity index (χ0v) is 31.1. The lowest BCUT2D eigenvalue weighted by atomic mass is 10.1. The summed E-state index contributed by atoms with van der Waals surface area (Å²) in [5.74, 6) is -2.28. The van der Waals surface area contributed by atoms with Gasteiger partial charge < -0.3 is 44.8 Å². The maximum atomic E-state index is 15.6. The number of hydrogen-bond acceptors (Lipinski definition) is 16. The van der Waals surface area contributed by atoms with E-state index in [9.17, 15) is 33.9 Å². The highest BCUT2D eigenvalue weighted by Gasteiger charge is 2.54. The van der Waals surface area contributed by atoms with Crippen molar-refractivity contribution >= 4 is 96.3 Å². The number of fused-ring (bicyclic) bond motifs is 3. The molecule has 0 bridgehead atoms. The summed E-state index contributed by atoms with van der Waals surface area (Å²) >= 11 is 3.36. The van der Waals surface area contributed by atoms with Crippen LogP contribution in [0.3, 0.4) is 0 Å². The Labute approximate surface area is 320 Å². The molecule has 4 aliphatic rings. The van der Waals surface area contributed by atoms with Crippen LogP contribution in [0, 0.1) is 5.82 Å². The first-order valence-electron chi connectivity index (χ1n) is 16.7. The Bertz CT molecular complexity index is 2470. The van der Waals surface area contributed by atoms with Crippen molar-refractivity contribution in [3.05, 3.63) is 61.1 Å². The van der Waals surface area contributed by atoms with E-state index in [0.717, 1.165) is 40.6 Å². The van der Waals surface area contributed by atoms with Crippen molar-refractivity contribution in [3.8, 4) is 0 Å². The SMILES string of the molecule is CO/N=C(\C(=O)N[C@@H]1C(=O)N2C(OC(=O)O)=C(COC(=O)N3CCN(c4cc5c(cc4F)c(=O)c4c(=O)[nH]sc4n5C4CC4)CC3)CS[C@H]12)c1csc(N)n1. The first kappa shape index (κ1) is 36.3. The van der Waals surface area contributed by atoms with Crippen molar-refractivity contribution in [2.24, 2.45) is 5.16 Å². The predicted molar refractivity (Wildman–Crippen MR) is 199 cm³/mol. The Hall–Kier alpha value is -5.68. The average Bonchev–Trinajstić information content (AvgIpc) is 3.80. The molecule has 23 heteroatoms. The third-order valence-electron chi connectivity index (χ3n) is 9.48. The van der Waals surface area contributed by atoms with Gasteiger partial charge in [-0.3, -0.25) is 28.5 Å². The van der Waals surface area contributed by atoms with Crippen LogP contribution in [0.25, 0.3) is 21.1 Å². The lowest BCUT2D eigenvalue weighted by Crippen LogP contribution is -2.70. The second-order valence-corrected chi connectivity index (χ2v) is 15.6. The zero-order valence-electron chi connectivity index (χ0n) is 28.6. The molecule has 19 nitrogen and oxygen atoms in total. The van der Waals surface area contributed by atoms with Crippen molar-refractivity contribution in [2.75, 3.05) is 56.3 Å². The van der Waals surface area contributed by atoms with Crippen molar-refractivity contribution < 1.29 is 43.0 Å². The van der Waals surface area contributed by atoms with Crippen LogP contribution >= 0.6 is 34.6 Å². The van der Waals surface area contributed by atoms with Gasteiger partial charge in [0.2, 0.25) is 11.3 Å². The van der Waals surface area contributed by atoms with Crippen LogP contribution in [-0.4, -0.2) is 116 Å². The monoisotopic (exact) mass is 815 g/mol. The third-order valence-corrected chi connectivity index (χ3v) is 12.4. The van der Waals surface area contributed by atoms with Crippen molar-refractivity contribution in [3.63, 3.8) is 0 Å². The number of halogens is 1. The molecular weight excluding hydrogens is 786 g/mol. The number of benzene rings is 1. The molecule has 2 saturated heterocycles. The quantitative estimate of drug-likeness (QED) is 0.0818. The number of anilines is 2. The van der Waals surface area contributed by atoms with E-state index in [2.05, 4.69) is 19.8 Å². The number of amides is 3. The third kappa shape index (κ3) is 6.50. The van der Waals surface area contributed by atoms with Crippen LogP contribution in [0.4, 0.5) is 24.8 Å². The number of ether oxygens (including phenoxy) is 2. The van der Waals surface area contributed by atoms with Gasteiger partial charge in [-0.2, -0.15) is 0 Å². The number of oxime groups is 1. The number of pyridine rings is 1. The minimum atomic E-state index is -1.69. The van der Waals surface area contributed by atoms with Gasteiger partial charge in [0, 0.05) is 54.3 Å². The van der Waals surface area contributed by atoms with E-state index in [1.54, 1.807) is 11.0 Å². The van der Waals surface area contributed by atoms with Crippen LogP contribution in [0.2, 0.25) is 0 Å². The number of rotatable bonds is 9. The maximum Gasteiger partial charge on any atom is 0.512 e. The topological polar surface area (TPSA) is 244 Å². The molecule has 0 radical (unpaired) electrons. The maximum absolute atomic E-state index is 15.6. The fourth-order valence-electron chi connectivity index (χ4n) is 6.76. The van der Waals surface area contributed by atoms with Crippen LogP contribution in [0.5, 0.6) is 0 Å². The smallest absolute Gasteiger partial charge is 0.449 e. The number of aromatic nitrogens is 3. The first-order chi connectivity index (χ1) is 26.4. The number of carbonyl (C=O) groups excluding carboxylic acids is 3. The molecule has 3 amide bonds. The van der Waals surface area contributed by atoms with E-state index in [1.165, 1.54) is 35.2 Å². The molecule has 8 rings (SSSR count). The highest BCUT2D eigenvalue weighted by molar-refractivity contribution is 8.00. The van der Waals surface area contributed by atoms with E-state index in [4.69, 9.17) is 20.0 Å². The van der Waals surface area contributed by atoms with Gasteiger partial charge in [0.25, 0.3) is 17.4 Å². The molecule has 1 saturated carbocycles. The van der Waals surface area contributed by atoms with Crippen molar-refractivity contribution in [2.45, 2.75) is 30.3 Å². The molecule has 55 heavy (non-hydrogen) atoms. The Morgan fingerprint density at radius 1 is 1.16 bits per heavy atom. The second-order valence-electron chi connectivity index (χ2n) is 12.8. The second kappa shape index (κ2) is 14.2. The molecule has 288 valence electrons. The lowest BCUT2D eigenvalue weighted by Gasteiger charge is -2.49. The number of aromatic amines is 1. The van der Waals surface area contributed by atoms with Gasteiger partial charge in [-0.15, -0.1) is 23.1 Å². The number of carbonyl (C=O) groups is 4. The number of nitrogens with one attached hydrogen (secondary N) is 2. The molecule has 4 aromatic rings. The average molecular weight is 816 g/mol. The summed E-state index contributed by atoms with van der Waals surface area (Å²) in [6, 6.07) is 1.82. The molecular formula is C32H30FN9O10S3. The number of nitrogens with zero attached hydrogens (tertiary/aromatic N) is 6. The van der Waals surface area contributed by atoms with Crippen LogP contribution < -0.4 is 26.9 Å². The highest BCUT2D eigenvalue weighted by atomic mass is 32.2. The van der Waals surface area contributed by atoms with Crippen molar-refractivity contribution in [1.82, 2.24) is 29.0 Å². The van der Waals surface area contributed by atoms with Crippen LogP contribution in [0.15, 0.2) is 43.7 Å². The number of thioether (sulfide) groups is 1. The molecule has 0 spiro atoms. The summed E-state index contributed by atoms with van der Waals surface area (Å²) in [6.07, 6.45) is -0.666. The van der Waals surface area contributed by atoms with Gasteiger partial charge in [-0.05, 0) is 36.5 Å². The lowest BCUT2D eigenvalue weighted by molar-refractivity contribution is -0.148. The highest BCUT2D eigenvalue weighted by Crippen LogP contribution is 2.42. The number of nitrogens with two attached hydrogens (primary N) is 1. The van der Waals surface area contributed by atoms with Gasteiger partial charge in [0.05, 0.1) is 11.2 Å². The van der Waals surface area contributed by atoms with Gasteiger partial charge in [0.1, 0.15) is 46.9 Å². The number of thiazole rings is 1. The molecule has 3 aromatic heterocycles. The standard InChI is InChI=1S/C32H30FN9O10S3/c1-50-37-21(17-12-54-30(34)35-17)25(45)36-22-26(46)42-27(52-32(48)49)13(11-53-29(22)42)10-51-31(47)40-6-4-39(5-7-40)19-9-18-15(8-16(19)33)23(43)20-24(44)38-55-28(20)41(18)14-2-3-14/h8-9,12,14,22,29H,2-7,10-11H2,1H3,(H2,34,35)(H,36,45)(H,38,44)(H,48,49)/b37-21-/t22-,29-/m1/s1. The number of hydrogen-bond donors (Lipinski definition) is 4. The molecule has 3 fully saturated rings. The molecule has 2 atom stereocenters. The van der Waals surface area contributed by atoms with Gasteiger partial charge in [-0.25, -0.2) is 19.0 Å². The number of carboxylic acid groups (broad SMARTS) is 1. The number of nitrogen functional groups attached to an aromatic ring is 1. The predicted octanol–water partition coefficient (Wildman–Crippen LogP) is 2.03. The number of H-pyrrole nitrogens is 1. The summed E-state index contributed by atoms with van der Waals surface area (Å²) in [4.78, 5) is 90.3. The Morgan fingerprint density at radius 2 is 1.93 bits per heavy atom. The fraction of sp³-hybridized carbons (Fsp3) is 0.375. The summed E-state index contributed by atoms with van der Waals surface area (Å²) in [7, 11) is 1.24. The molecule has 0 unspecified atom stereocenters. The van der Waals surface area contributed by atoms with E-state index in [1.807, 2.05) is 4.57 Å².